The van der Waals surface area contributed by atoms with E-state index in [4.69, 9.17) is 6.42 Å². The number of aromatic nitrogens is 2. The van der Waals surface area contributed by atoms with Crippen LogP contribution >= 0.6 is 0 Å². The molecule has 0 radical (unpaired) electrons. The van der Waals surface area contributed by atoms with Crippen LogP contribution in [0, 0.1) is 25.1 Å². The largest absolute Gasteiger partial charge is 0.358 e. The second-order valence-electron chi connectivity index (χ2n) is 5.22. The van der Waals surface area contributed by atoms with E-state index < -0.39 is 0 Å². The van der Waals surface area contributed by atoms with Crippen LogP contribution in [0.4, 0.5) is 4.39 Å². The van der Waals surface area contributed by atoms with Crippen molar-refractivity contribution < 1.29 is 4.39 Å². The van der Waals surface area contributed by atoms with E-state index in [1.807, 2.05) is 37.3 Å². The normalized spacial score (nSPS) is 10.8. The molecule has 3 rings (SSSR count). The van der Waals surface area contributed by atoms with Gasteiger partial charge in [-0.25, -0.2) is 4.39 Å². The number of hydrogen-bond donors (Lipinski definition) is 1. The fourth-order valence-electron chi connectivity index (χ4n) is 2.33. The molecule has 23 heavy (non-hydrogen) atoms. The van der Waals surface area contributed by atoms with Crippen LogP contribution in [0.3, 0.4) is 0 Å². The van der Waals surface area contributed by atoms with Crippen molar-refractivity contribution in [1.82, 2.24) is 9.97 Å². The van der Waals surface area contributed by atoms with E-state index >= 15 is 0 Å². The molecule has 0 bridgehead atoms. The van der Waals surface area contributed by atoms with E-state index in [-0.39, 0.29) is 5.82 Å². The van der Waals surface area contributed by atoms with Gasteiger partial charge in [0.15, 0.2) is 0 Å². The minimum Gasteiger partial charge on any atom is -0.358 e. The minimum atomic E-state index is -0.242. The molecule has 0 aliphatic rings. The van der Waals surface area contributed by atoms with Crippen LogP contribution in [0.15, 0.2) is 48.7 Å². The van der Waals surface area contributed by atoms with Gasteiger partial charge in [0.25, 0.3) is 0 Å². The van der Waals surface area contributed by atoms with Gasteiger partial charge in [-0.1, -0.05) is 24.1 Å². The number of H-pyrrole nitrogens is 1. The molecule has 0 atom stereocenters. The third kappa shape index (κ3) is 3.38. The number of halogens is 1. The Morgan fingerprint density at radius 1 is 1.13 bits per heavy atom. The van der Waals surface area contributed by atoms with Crippen LogP contribution < -0.4 is 0 Å². The van der Waals surface area contributed by atoms with Crippen LogP contribution in [-0.4, -0.2) is 9.97 Å². The van der Waals surface area contributed by atoms with Crippen molar-refractivity contribution in [3.63, 3.8) is 0 Å². The maximum absolute atomic E-state index is 12.9. The first kappa shape index (κ1) is 14.8. The lowest BCUT2D eigenvalue weighted by Gasteiger charge is -2.00. The molecule has 0 saturated heterocycles. The Kier molecular flexibility index (Phi) is 4.07. The number of hydrogen-bond acceptors (Lipinski definition) is 1. The van der Waals surface area contributed by atoms with Gasteiger partial charge in [0, 0.05) is 28.7 Å². The van der Waals surface area contributed by atoms with E-state index in [0.717, 1.165) is 33.8 Å². The molecule has 0 spiro atoms. The summed E-state index contributed by atoms with van der Waals surface area (Å²) in [5.74, 6) is 2.42. The highest BCUT2D eigenvalue weighted by atomic mass is 19.1. The molecule has 2 aromatic heterocycles. The fourth-order valence-corrected chi connectivity index (χ4v) is 2.33. The molecule has 0 unspecified atom stereocenters. The molecule has 0 fully saturated rings. The van der Waals surface area contributed by atoms with Gasteiger partial charge in [-0.2, -0.15) is 0 Å². The van der Waals surface area contributed by atoms with Crippen LogP contribution in [0.5, 0.6) is 0 Å². The first-order chi connectivity index (χ1) is 11.2. The summed E-state index contributed by atoms with van der Waals surface area (Å²) in [6.07, 6.45) is 11.0. The van der Waals surface area contributed by atoms with Crippen molar-refractivity contribution in [1.29, 1.82) is 0 Å². The highest BCUT2D eigenvalue weighted by molar-refractivity contribution is 5.71. The second-order valence-corrected chi connectivity index (χ2v) is 5.22. The summed E-state index contributed by atoms with van der Waals surface area (Å²) in [5, 5.41) is 0. The van der Waals surface area contributed by atoms with Crippen LogP contribution in [0.2, 0.25) is 0 Å². The summed E-state index contributed by atoms with van der Waals surface area (Å²) in [7, 11) is 0. The molecule has 1 N–H and O–H groups in total. The Morgan fingerprint density at radius 2 is 1.91 bits per heavy atom. The lowest BCUT2D eigenvalue weighted by Crippen LogP contribution is -1.84. The van der Waals surface area contributed by atoms with Gasteiger partial charge in [-0.15, -0.1) is 6.42 Å². The first-order valence-corrected chi connectivity index (χ1v) is 7.22. The third-order valence-corrected chi connectivity index (χ3v) is 3.58. The number of terminal acetylenes is 1. The summed E-state index contributed by atoms with van der Waals surface area (Å²) in [5.41, 5.74) is 5.56. The van der Waals surface area contributed by atoms with Crippen molar-refractivity contribution in [2.75, 3.05) is 0 Å². The monoisotopic (exact) mass is 302 g/mol. The van der Waals surface area contributed by atoms with Crippen LogP contribution in [-0.2, 0) is 0 Å². The molecule has 2 nitrogen and oxygen atoms in total. The molecule has 3 heteroatoms. The summed E-state index contributed by atoms with van der Waals surface area (Å²) >= 11 is 0. The van der Waals surface area contributed by atoms with Crippen molar-refractivity contribution >= 4 is 12.2 Å². The van der Waals surface area contributed by atoms with E-state index in [9.17, 15) is 4.39 Å². The van der Waals surface area contributed by atoms with Crippen LogP contribution in [0.1, 0.15) is 22.5 Å². The predicted molar refractivity (Wildman–Crippen MR) is 92.0 cm³/mol. The molecule has 0 amide bonds. The van der Waals surface area contributed by atoms with E-state index in [0.29, 0.717) is 0 Å². The van der Waals surface area contributed by atoms with Crippen molar-refractivity contribution in [2.24, 2.45) is 0 Å². The second kappa shape index (κ2) is 6.33. The van der Waals surface area contributed by atoms with Crippen molar-refractivity contribution in [2.45, 2.75) is 6.92 Å². The summed E-state index contributed by atoms with van der Waals surface area (Å²) < 4.78 is 12.9. The predicted octanol–water partition coefficient (Wildman–Crippen LogP) is 4.68. The summed E-state index contributed by atoms with van der Waals surface area (Å²) in [4.78, 5) is 7.61. The lowest BCUT2D eigenvalue weighted by atomic mass is 10.1. The summed E-state index contributed by atoms with van der Waals surface area (Å²) in [6, 6.07) is 12.2. The molecule has 0 aliphatic carbocycles. The van der Waals surface area contributed by atoms with Gasteiger partial charge in [0.2, 0.25) is 0 Å². The van der Waals surface area contributed by atoms with Crippen molar-refractivity contribution in [3.8, 4) is 23.6 Å². The smallest absolute Gasteiger partial charge is 0.123 e. The molecule has 1 aromatic carbocycles. The van der Waals surface area contributed by atoms with Gasteiger partial charge in [-0.3, -0.25) is 4.98 Å². The number of aromatic amines is 1. The highest BCUT2D eigenvalue weighted by Crippen LogP contribution is 2.22. The van der Waals surface area contributed by atoms with E-state index in [1.165, 1.54) is 12.1 Å². The zero-order chi connectivity index (χ0) is 16.2. The topological polar surface area (TPSA) is 28.7 Å². The number of aryl methyl sites for hydroxylation is 1. The van der Waals surface area contributed by atoms with Gasteiger partial charge in [-0.05, 0) is 48.9 Å². The van der Waals surface area contributed by atoms with E-state index in [1.54, 1.807) is 18.3 Å². The molecular formula is C20H15FN2. The van der Waals surface area contributed by atoms with Gasteiger partial charge in [0.1, 0.15) is 5.82 Å². The average molecular weight is 302 g/mol. The third-order valence-electron chi connectivity index (χ3n) is 3.58. The van der Waals surface area contributed by atoms with Gasteiger partial charge in [0.05, 0.1) is 5.69 Å². The maximum atomic E-state index is 12.9. The molecule has 0 saturated carbocycles. The number of nitrogens with zero attached hydrogens (tertiary/aromatic N) is 1. The quantitative estimate of drug-likeness (QED) is 0.699. The molecule has 3 aromatic rings. The summed E-state index contributed by atoms with van der Waals surface area (Å²) in [6.45, 7) is 1.95. The minimum absolute atomic E-state index is 0.242. The van der Waals surface area contributed by atoms with Gasteiger partial charge < -0.3 is 4.98 Å². The zero-order valence-electron chi connectivity index (χ0n) is 12.7. The SMILES string of the molecule is C#Cc1cc(-c2ccnc(/C=C/c3ccc(F)cc3)c2)[nH]c1C. The number of benzene rings is 1. The Morgan fingerprint density at radius 3 is 2.61 bits per heavy atom. The van der Waals surface area contributed by atoms with Gasteiger partial charge >= 0.3 is 0 Å². The molecular weight excluding hydrogens is 287 g/mol. The standard InChI is InChI=1S/C20H15FN2/c1-3-16-13-20(23-14(16)2)17-10-11-22-19(12-17)9-6-15-4-7-18(21)8-5-15/h1,4-13,23H,2H3/b9-6+. The Bertz CT molecular complexity index is 896. The number of nitrogens with one attached hydrogen (secondary N) is 1. The van der Waals surface area contributed by atoms with Crippen LogP contribution in [0.25, 0.3) is 23.4 Å². The zero-order valence-corrected chi connectivity index (χ0v) is 12.7. The Labute approximate surface area is 134 Å². The molecule has 2 heterocycles. The number of rotatable bonds is 3. The molecule has 0 aliphatic heterocycles. The maximum Gasteiger partial charge on any atom is 0.123 e. The average Bonchev–Trinajstić information content (AvgIpc) is 2.96. The van der Waals surface area contributed by atoms with Crippen molar-refractivity contribution in [3.05, 3.63) is 77.0 Å². The molecule has 112 valence electrons. The lowest BCUT2D eigenvalue weighted by molar-refractivity contribution is 0.628. The fraction of sp³-hybridized carbons (Fsp3) is 0.0500. The first-order valence-electron chi connectivity index (χ1n) is 7.22. The number of pyridine rings is 1. The Hall–Kier alpha value is -3.12. The highest BCUT2D eigenvalue weighted by Gasteiger charge is 2.05. The Balaban J connectivity index is 1.87. The van der Waals surface area contributed by atoms with E-state index in [2.05, 4.69) is 15.9 Å².